The zero-order chi connectivity index (χ0) is 20.8. The van der Waals surface area contributed by atoms with Crippen molar-refractivity contribution in [3.05, 3.63) is 60.2 Å². The number of carbonyl (C=O) groups excluding carboxylic acids is 1. The average Bonchev–Trinajstić information content (AvgIpc) is 2.72. The lowest BCUT2D eigenvalue weighted by Crippen LogP contribution is -2.29. The topological polar surface area (TPSA) is 60.0 Å². The van der Waals surface area contributed by atoms with E-state index in [4.69, 9.17) is 14.2 Å². The van der Waals surface area contributed by atoms with Crippen molar-refractivity contribution in [3.63, 3.8) is 0 Å². The van der Waals surface area contributed by atoms with Crippen molar-refractivity contribution in [2.24, 2.45) is 0 Å². The molecule has 0 atom stereocenters. The molecule has 0 aliphatic carbocycles. The Morgan fingerprint density at radius 1 is 0.862 bits per heavy atom. The molecule has 0 saturated heterocycles. The minimum Gasteiger partial charge on any atom is -0.497 e. The van der Waals surface area contributed by atoms with E-state index in [1.54, 1.807) is 39.5 Å². The van der Waals surface area contributed by atoms with Crippen molar-refractivity contribution >= 4 is 22.4 Å². The molecule has 0 aromatic heterocycles. The van der Waals surface area contributed by atoms with E-state index in [0.717, 1.165) is 22.1 Å². The van der Waals surface area contributed by atoms with E-state index in [2.05, 4.69) is 23.5 Å². The molecule has 0 aliphatic heterocycles. The number of methoxy groups -OCH3 is 3. The number of rotatable bonds is 8. The lowest BCUT2D eigenvalue weighted by atomic mass is 10.1. The van der Waals surface area contributed by atoms with E-state index in [1.807, 2.05) is 30.1 Å². The number of likely N-dealkylation sites (N-methyl/N-ethyl adjacent to an activating group) is 1. The highest BCUT2D eigenvalue weighted by atomic mass is 16.5. The number of carbonyl (C=O) groups is 1. The zero-order valence-electron chi connectivity index (χ0n) is 17.2. The van der Waals surface area contributed by atoms with Gasteiger partial charge in [-0.25, -0.2) is 0 Å². The van der Waals surface area contributed by atoms with Crippen LogP contribution in [0.15, 0.2) is 54.6 Å². The van der Waals surface area contributed by atoms with Crippen molar-refractivity contribution < 1.29 is 19.0 Å². The predicted octanol–water partition coefficient (Wildman–Crippen LogP) is 3.94. The number of ether oxygens (including phenoxy) is 3. The summed E-state index contributed by atoms with van der Waals surface area (Å²) in [6.45, 7) is 0.941. The molecule has 6 heteroatoms. The average molecular weight is 394 g/mol. The highest BCUT2D eigenvalue weighted by Crippen LogP contribution is 2.29. The fraction of sp³-hybridized carbons (Fsp3) is 0.261. The molecule has 0 radical (unpaired) electrons. The van der Waals surface area contributed by atoms with Crippen LogP contribution in [0.3, 0.4) is 0 Å². The maximum Gasteiger partial charge on any atom is 0.238 e. The molecule has 29 heavy (non-hydrogen) atoms. The van der Waals surface area contributed by atoms with Gasteiger partial charge in [-0.1, -0.05) is 18.2 Å². The first kappa shape index (κ1) is 20.5. The smallest absolute Gasteiger partial charge is 0.238 e. The van der Waals surface area contributed by atoms with E-state index in [-0.39, 0.29) is 12.5 Å². The van der Waals surface area contributed by atoms with E-state index in [1.165, 1.54) is 0 Å². The first-order valence-corrected chi connectivity index (χ1v) is 9.29. The molecule has 3 aromatic carbocycles. The van der Waals surface area contributed by atoms with E-state index < -0.39 is 0 Å². The van der Waals surface area contributed by atoms with Crippen LogP contribution in [-0.2, 0) is 11.3 Å². The first-order chi connectivity index (χ1) is 14.0. The second-order valence-corrected chi connectivity index (χ2v) is 6.84. The summed E-state index contributed by atoms with van der Waals surface area (Å²) in [6.07, 6.45) is 0. The summed E-state index contributed by atoms with van der Waals surface area (Å²) in [5.41, 5.74) is 1.81. The summed E-state index contributed by atoms with van der Waals surface area (Å²) in [6, 6.07) is 17.6. The van der Waals surface area contributed by atoms with Gasteiger partial charge in [-0.15, -0.1) is 0 Å². The largest absolute Gasteiger partial charge is 0.497 e. The maximum absolute atomic E-state index is 12.4. The van der Waals surface area contributed by atoms with E-state index in [9.17, 15) is 4.79 Å². The van der Waals surface area contributed by atoms with Crippen LogP contribution >= 0.6 is 0 Å². The van der Waals surface area contributed by atoms with Crippen molar-refractivity contribution in [3.8, 4) is 17.2 Å². The van der Waals surface area contributed by atoms with E-state index >= 15 is 0 Å². The van der Waals surface area contributed by atoms with Gasteiger partial charge in [0.05, 0.1) is 27.9 Å². The predicted molar refractivity (Wildman–Crippen MR) is 115 cm³/mol. The summed E-state index contributed by atoms with van der Waals surface area (Å²) in [7, 11) is 6.73. The van der Waals surface area contributed by atoms with Crippen LogP contribution in [0.2, 0.25) is 0 Å². The zero-order valence-corrected chi connectivity index (χ0v) is 17.2. The standard InChI is InChI=1S/C23H26N2O4/c1-25(14-16-5-6-18-12-20(27-2)9-7-17(18)11-16)15-23(26)24-19-8-10-21(28-3)22(13-19)29-4/h5-13H,14-15H2,1-4H3,(H,24,26). The fourth-order valence-corrected chi connectivity index (χ4v) is 3.23. The highest BCUT2D eigenvalue weighted by Gasteiger charge is 2.10. The molecule has 0 spiro atoms. The molecule has 3 aromatic rings. The van der Waals surface area contributed by atoms with Gasteiger partial charge >= 0.3 is 0 Å². The molecular formula is C23H26N2O4. The van der Waals surface area contributed by atoms with Crippen LogP contribution < -0.4 is 19.5 Å². The van der Waals surface area contributed by atoms with Crippen LogP contribution in [0.4, 0.5) is 5.69 Å². The Hall–Kier alpha value is -3.25. The number of amides is 1. The summed E-state index contributed by atoms with van der Waals surface area (Å²) < 4.78 is 15.8. The lowest BCUT2D eigenvalue weighted by Gasteiger charge is -2.17. The van der Waals surface area contributed by atoms with Gasteiger partial charge < -0.3 is 19.5 Å². The van der Waals surface area contributed by atoms with Gasteiger partial charge in [0, 0.05) is 18.3 Å². The third-order valence-electron chi connectivity index (χ3n) is 4.65. The molecule has 0 heterocycles. The van der Waals surface area contributed by atoms with Crippen molar-refractivity contribution in [2.45, 2.75) is 6.54 Å². The minimum absolute atomic E-state index is 0.0924. The Balaban J connectivity index is 1.60. The Morgan fingerprint density at radius 3 is 2.31 bits per heavy atom. The molecule has 3 rings (SSSR count). The Labute approximate surface area is 171 Å². The van der Waals surface area contributed by atoms with Gasteiger partial charge in [0.15, 0.2) is 11.5 Å². The molecule has 0 aliphatic rings. The number of benzene rings is 3. The quantitative estimate of drug-likeness (QED) is 0.627. The lowest BCUT2D eigenvalue weighted by molar-refractivity contribution is -0.117. The summed E-state index contributed by atoms with van der Waals surface area (Å²) >= 11 is 0. The molecule has 6 nitrogen and oxygen atoms in total. The van der Waals surface area contributed by atoms with Gasteiger partial charge in [-0.3, -0.25) is 9.69 Å². The third kappa shape index (κ3) is 5.18. The van der Waals surface area contributed by atoms with Crippen LogP contribution in [-0.4, -0.2) is 45.7 Å². The van der Waals surface area contributed by atoms with Crippen molar-refractivity contribution in [2.75, 3.05) is 40.2 Å². The summed E-state index contributed by atoms with van der Waals surface area (Å²) in [5.74, 6) is 1.95. The molecule has 152 valence electrons. The van der Waals surface area contributed by atoms with Gasteiger partial charge in [0.2, 0.25) is 5.91 Å². The molecular weight excluding hydrogens is 368 g/mol. The van der Waals surface area contributed by atoms with Crippen molar-refractivity contribution in [1.82, 2.24) is 4.90 Å². The molecule has 0 bridgehead atoms. The van der Waals surface area contributed by atoms with Crippen molar-refractivity contribution in [1.29, 1.82) is 0 Å². The fourth-order valence-electron chi connectivity index (χ4n) is 3.23. The summed E-state index contributed by atoms with van der Waals surface area (Å²) in [5, 5.41) is 5.17. The maximum atomic E-state index is 12.4. The number of anilines is 1. The monoisotopic (exact) mass is 394 g/mol. The van der Waals surface area contributed by atoms with Gasteiger partial charge in [0.1, 0.15) is 5.75 Å². The van der Waals surface area contributed by atoms with Gasteiger partial charge in [-0.2, -0.15) is 0 Å². The number of hydrogen-bond acceptors (Lipinski definition) is 5. The highest BCUT2D eigenvalue weighted by molar-refractivity contribution is 5.92. The normalized spacial score (nSPS) is 10.8. The number of hydrogen-bond donors (Lipinski definition) is 1. The van der Waals surface area contributed by atoms with Crippen LogP contribution in [0.1, 0.15) is 5.56 Å². The molecule has 1 N–H and O–H groups in total. The second-order valence-electron chi connectivity index (χ2n) is 6.84. The first-order valence-electron chi connectivity index (χ1n) is 9.29. The second kappa shape index (κ2) is 9.30. The Bertz CT molecular complexity index is 1000. The van der Waals surface area contributed by atoms with Crippen LogP contribution in [0.25, 0.3) is 10.8 Å². The molecule has 0 saturated carbocycles. The number of fused-ring (bicyclic) bond motifs is 1. The number of nitrogens with one attached hydrogen (secondary N) is 1. The SMILES string of the molecule is COc1ccc2cc(CN(C)CC(=O)Nc3ccc(OC)c(OC)c3)ccc2c1. The van der Waals surface area contributed by atoms with Gasteiger partial charge in [-0.05, 0) is 53.7 Å². The molecule has 1 amide bonds. The molecule has 0 fully saturated rings. The number of nitrogens with zero attached hydrogens (tertiary/aromatic N) is 1. The third-order valence-corrected chi connectivity index (χ3v) is 4.65. The van der Waals surface area contributed by atoms with Crippen LogP contribution in [0.5, 0.6) is 17.2 Å². The van der Waals surface area contributed by atoms with Gasteiger partial charge in [0.25, 0.3) is 0 Å². The Morgan fingerprint density at radius 2 is 1.59 bits per heavy atom. The Kier molecular flexibility index (Phi) is 6.57. The summed E-state index contributed by atoms with van der Waals surface area (Å²) in [4.78, 5) is 14.4. The molecule has 0 unspecified atom stereocenters. The van der Waals surface area contributed by atoms with Crippen LogP contribution in [0, 0.1) is 0 Å². The van der Waals surface area contributed by atoms with E-state index in [0.29, 0.717) is 23.7 Å². The minimum atomic E-state index is -0.0924.